The molecule has 90 valence electrons. The zero-order chi connectivity index (χ0) is 12.1. The van der Waals surface area contributed by atoms with E-state index in [0.29, 0.717) is 12.5 Å². The van der Waals surface area contributed by atoms with Gasteiger partial charge in [-0.3, -0.25) is 4.79 Å². The fourth-order valence-corrected chi connectivity index (χ4v) is 0.782. The molecule has 1 amide bonds. The van der Waals surface area contributed by atoms with Crippen molar-refractivity contribution in [3.8, 4) is 0 Å². The molecular formula is C11H24N2O2. The van der Waals surface area contributed by atoms with E-state index in [4.69, 9.17) is 10.5 Å². The smallest absolute Gasteiger partial charge is 0.246 e. The van der Waals surface area contributed by atoms with Crippen LogP contribution in [0.15, 0.2) is 0 Å². The van der Waals surface area contributed by atoms with E-state index in [1.807, 2.05) is 20.8 Å². The van der Waals surface area contributed by atoms with Crippen LogP contribution in [0.25, 0.3) is 0 Å². The second kappa shape index (κ2) is 6.08. The van der Waals surface area contributed by atoms with Gasteiger partial charge in [0, 0.05) is 12.6 Å². The molecule has 0 aromatic carbocycles. The minimum absolute atomic E-state index is 0.0707. The summed E-state index contributed by atoms with van der Waals surface area (Å²) in [7, 11) is 0. The van der Waals surface area contributed by atoms with Gasteiger partial charge in [-0.15, -0.1) is 0 Å². The first-order chi connectivity index (χ1) is 6.78. The lowest BCUT2D eigenvalue weighted by Gasteiger charge is -2.24. The monoisotopic (exact) mass is 216 g/mol. The van der Waals surface area contributed by atoms with Gasteiger partial charge in [-0.1, -0.05) is 13.8 Å². The topological polar surface area (TPSA) is 64.3 Å². The van der Waals surface area contributed by atoms with Crippen LogP contribution in [0.4, 0.5) is 0 Å². The Morgan fingerprint density at radius 3 is 2.33 bits per heavy atom. The Bertz CT molecular complexity index is 203. The van der Waals surface area contributed by atoms with E-state index >= 15 is 0 Å². The number of hydrogen-bond donors (Lipinski definition) is 2. The van der Waals surface area contributed by atoms with Crippen molar-refractivity contribution in [2.45, 2.75) is 46.3 Å². The lowest BCUT2D eigenvalue weighted by molar-refractivity contribution is -0.131. The average Bonchev–Trinajstić information content (AvgIpc) is 2.15. The lowest BCUT2D eigenvalue weighted by atomic mass is 10.1. The van der Waals surface area contributed by atoms with Crippen molar-refractivity contribution >= 4 is 5.91 Å². The van der Waals surface area contributed by atoms with Crippen LogP contribution in [0.5, 0.6) is 0 Å². The van der Waals surface area contributed by atoms with E-state index in [1.54, 1.807) is 0 Å². The van der Waals surface area contributed by atoms with Crippen LogP contribution < -0.4 is 11.1 Å². The Morgan fingerprint density at radius 2 is 1.93 bits per heavy atom. The van der Waals surface area contributed by atoms with Crippen LogP contribution in [0, 0.1) is 5.92 Å². The molecule has 0 heterocycles. The third kappa shape index (κ3) is 6.47. The van der Waals surface area contributed by atoms with Crippen molar-refractivity contribution in [1.82, 2.24) is 5.32 Å². The molecule has 1 unspecified atom stereocenters. The predicted molar refractivity (Wildman–Crippen MR) is 61.5 cm³/mol. The molecule has 0 spiro atoms. The number of rotatable bonds is 6. The van der Waals surface area contributed by atoms with Crippen molar-refractivity contribution in [3.05, 3.63) is 0 Å². The number of nitrogens with one attached hydrogen (secondary N) is 1. The molecule has 4 nitrogen and oxygen atoms in total. The molecule has 0 saturated heterocycles. The maximum Gasteiger partial charge on any atom is 0.246 e. The van der Waals surface area contributed by atoms with Gasteiger partial charge in [0.1, 0.15) is 6.61 Å². The van der Waals surface area contributed by atoms with Crippen molar-refractivity contribution in [1.29, 1.82) is 0 Å². The Hall–Kier alpha value is -0.610. The molecular weight excluding hydrogens is 192 g/mol. The Labute approximate surface area is 92.6 Å². The van der Waals surface area contributed by atoms with Gasteiger partial charge < -0.3 is 15.8 Å². The summed E-state index contributed by atoms with van der Waals surface area (Å²) in [5.74, 6) is 0.342. The maximum absolute atomic E-state index is 11.4. The summed E-state index contributed by atoms with van der Waals surface area (Å²) in [6, 6.07) is 0.169. The number of hydrogen-bond acceptors (Lipinski definition) is 3. The van der Waals surface area contributed by atoms with Gasteiger partial charge >= 0.3 is 0 Å². The van der Waals surface area contributed by atoms with Gasteiger partial charge in [0.05, 0.1) is 5.60 Å². The average molecular weight is 216 g/mol. The first-order valence-corrected chi connectivity index (χ1v) is 5.42. The summed E-state index contributed by atoms with van der Waals surface area (Å²) in [5.41, 5.74) is 5.05. The van der Waals surface area contributed by atoms with E-state index in [9.17, 15) is 4.79 Å². The Morgan fingerprint density at radius 1 is 1.40 bits per heavy atom. The first-order valence-electron chi connectivity index (χ1n) is 5.42. The lowest BCUT2D eigenvalue weighted by Crippen LogP contribution is -2.42. The number of nitrogens with two attached hydrogens (primary N) is 1. The molecule has 0 aromatic rings. The molecule has 0 aliphatic heterocycles. The SMILES string of the molecule is CC(C)C(C)NC(=O)COC(C)(C)CN. The second-order valence-electron chi connectivity index (χ2n) is 4.85. The minimum atomic E-state index is -0.432. The van der Waals surface area contributed by atoms with Crippen LogP contribution in [-0.2, 0) is 9.53 Å². The number of carbonyl (C=O) groups excluding carboxylic acids is 1. The largest absolute Gasteiger partial charge is 0.364 e. The highest BCUT2D eigenvalue weighted by Crippen LogP contribution is 2.06. The van der Waals surface area contributed by atoms with E-state index in [0.717, 1.165) is 0 Å². The maximum atomic E-state index is 11.4. The van der Waals surface area contributed by atoms with E-state index < -0.39 is 5.60 Å². The van der Waals surface area contributed by atoms with Gasteiger partial charge in [0.25, 0.3) is 0 Å². The molecule has 0 aliphatic rings. The molecule has 0 bridgehead atoms. The molecule has 0 aliphatic carbocycles. The molecule has 3 N–H and O–H groups in total. The van der Waals surface area contributed by atoms with Gasteiger partial charge in [-0.2, -0.15) is 0 Å². The summed E-state index contributed by atoms with van der Waals surface area (Å²) in [6.45, 7) is 10.3. The molecule has 15 heavy (non-hydrogen) atoms. The fourth-order valence-electron chi connectivity index (χ4n) is 0.782. The zero-order valence-corrected chi connectivity index (χ0v) is 10.5. The summed E-state index contributed by atoms with van der Waals surface area (Å²) in [4.78, 5) is 11.4. The highest BCUT2D eigenvalue weighted by molar-refractivity contribution is 5.77. The van der Waals surface area contributed by atoms with Crippen molar-refractivity contribution in [3.63, 3.8) is 0 Å². The van der Waals surface area contributed by atoms with Gasteiger partial charge in [-0.05, 0) is 26.7 Å². The Kier molecular flexibility index (Phi) is 5.83. The van der Waals surface area contributed by atoms with Crippen molar-refractivity contribution in [2.75, 3.05) is 13.2 Å². The number of amides is 1. The minimum Gasteiger partial charge on any atom is -0.364 e. The third-order valence-corrected chi connectivity index (χ3v) is 2.47. The van der Waals surface area contributed by atoms with Crippen LogP contribution >= 0.6 is 0 Å². The predicted octanol–water partition coefficient (Wildman–Crippen LogP) is 0.901. The van der Waals surface area contributed by atoms with Gasteiger partial charge in [0.2, 0.25) is 5.91 Å². The molecule has 0 aromatic heterocycles. The Balaban J connectivity index is 3.86. The number of ether oxygens (including phenoxy) is 1. The van der Waals surface area contributed by atoms with Crippen LogP contribution in [0.3, 0.4) is 0 Å². The fraction of sp³-hybridized carbons (Fsp3) is 0.909. The van der Waals surface area contributed by atoms with E-state index in [2.05, 4.69) is 19.2 Å². The third-order valence-electron chi connectivity index (χ3n) is 2.47. The van der Waals surface area contributed by atoms with E-state index in [1.165, 1.54) is 0 Å². The molecule has 1 atom stereocenters. The number of carbonyl (C=O) groups is 1. The van der Waals surface area contributed by atoms with Gasteiger partial charge in [-0.25, -0.2) is 0 Å². The summed E-state index contributed by atoms with van der Waals surface area (Å²) in [5, 5.41) is 2.87. The molecule has 0 rings (SSSR count). The van der Waals surface area contributed by atoms with E-state index in [-0.39, 0.29) is 18.6 Å². The normalized spacial score (nSPS) is 14.1. The quantitative estimate of drug-likeness (QED) is 0.693. The van der Waals surface area contributed by atoms with Crippen LogP contribution in [0.2, 0.25) is 0 Å². The van der Waals surface area contributed by atoms with Gasteiger partial charge in [0.15, 0.2) is 0 Å². The summed E-state index contributed by atoms with van der Waals surface area (Å²) >= 11 is 0. The standard InChI is InChI=1S/C11H24N2O2/c1-8(2)9(3)13-10(14)6-15-11(4,5)7-12/h8-9H,6-7,12H2,1-5H3,(H,13,14). The van der Waals surface area contributed by atoms with Crippen molar-refractivity contribution in [2.24, 2.45) is 11.7 Å². The van der Waals surface area contributed by atoms with Crippen LogP contribution in [-0.4, -0.2) is 30.7 Å². The zero-order valence-electron chi connectivity index (χ0n) is 10.5. The highest BCUT2D eigenvalue weighted by Gasteiger charge is 2.18. The molecule has 0 radical (unpaired) electrons. The second-order valence-corrected chi connectivity index (χ2v) is 4.85. The molecule has 0 fully saturated rings. The summed E-state index contributed by atoms with van der Waals surface area (Å²) < 4.78 is 5.38. The highest BCUT2D eigenvalue weighted by atomic mass is 16.5. The first kappa shape index (κ1) is 14.4. The molecule has 4 heteroatoms. The van der Waals surface area contributed by atoms with Crippen molar-refractivity contribution < 1.29 is 9.53 Å². The van der Waals surface area contributed by atoms with Crippen LogP contribution in [0.1, 0.15) is 34.6 Å². The molecule has 0 saturated carbocycles. The summed E-state index contributed by atoms with van der Waals surface area (Å²) in [6.07, 6.45) is 0.